The van der Waals surface area contributed by atoms with E-state index in [4.69, 9.17) is 19.2 Å². The molecule has 0 bridgehead atoms. The lowest BCUT2D eigenvalue weighted by atomic mass is 10.1. The van der Waals surface area contributed by atoms with Gasteiger partial charge in [0.05, 0.1) is 6.61 Å². The number of fused-ring (bicyclic) bond motifs is 2. The van der Waals surface area contributed by atoms with Crippen LogP contribution in [-0.2, 0) is 11.3 Å². The number of para-hydroxylation sites is 2. The van der Waals surface area contributed by atoms with Crippen molar-refractivity contribution in [2.45, 2.75) is 45.1 Å². The minimum Gasteiger partial charge on any atom is -0.486 e. The van der Waals surface area contributed by atoms with Gasteiger partial charge in [0.25, 0.3) is 0 Å². The predicted octanol–water partition coefficient (Wildman–Crippen LogP) is 4.37. The van der Waals surface area contributed by atoms with Crippen molar-refractivity contribution in [3.05, 3.63) is 48.0 Å². The monoisotopic (exact) mass is 426 g/mol. The maximum atomic E-state index is 6.00. The zero-order valence-electron chi connectivity index (χ0n) is 18.5. The highest BCUT2D eigenvalue weighted by molar-refractivity contribution is 5.54. The highest BCUT2D eigenvalue weighted by Gasteiger charge is 2.20. The molecular weight excluding hydrogens is 392 g/mol. The van der Waals surface area contributed by atoms with Crippen LogP contribution in [0.25, 0.3) is 0 Å². The fraction of sp³-hybridized carbons (Fsp3) is 0.520. The maximum Gasteiger partial charge on any atom is 0.170 e. The van der Waals surface area contributed by atoms with Crippen molar-refractivity contribution in [2.24, 2.45) is 0 Å². The van der Waals surface area contributed by atoms with Crippen molar-refractivity contribution in [1.82, 2.24) is 5.32 Å². The van der Waals surface area contributed by atoms with Gasteiger partial charge in [-0.1, -0.05) is 25.1 Å². The molecule has 0 spiro atoms. The van der Waals surface area contributed by atoms with Gasteiger partial charge in [0.1, 0.15) is 12.7 Å². The number of rotatable bonds is 10. The zero-order valence-corrected chi connectivity index (χ0v) is 18.5. The Bertz CT molecular complexity index is 829. The first-order valence-corrected chi connectivity index (χ1v) is 11.6. The number of unbranched alkanes of at least 4 members (excludes halogenated alkanes) is 1. The van der Waals surface area contributed by atoms with E-state index in [1.54, 1.807) is 0 Å². The minimum absolute atomic E-state index is 0.0632. The van der Waals surface area contributed by atoms with Crippen molar-refractivity contribution >= 4 is 5.69 Å². The second kappa shape index (κ2) is 11.3. The second-order valence-electron chi connectivity index (χ2n) is 8.20. The van der Waals surface area contributed by atoms with Gasteiger partial charge >= 0.3 is 0 Å². The molecule has 6 heteroatoms. The second-order valence-corrected chi connectivity index (χ2v) is 8.20. The third-order valence-electron chi connectivity index (χ3n) is 5.70. The molecule has 1 atom stereocenters. The van der Waals surface area contributed by atoms with Crippen molar-refractivity contribution in [3.63, 3.8) is 0 Å². The molecule has 2 aromatic carbocycles. The number of anilines is 1. The Morgan fingerprint density at radius 3 is 2.84 bits per heavy atom. The van der Waals surface area contributed by atoms with E-state index in [1.165, 1.54) is 11.3 Å². The molecule has 6 nitrogen and oxygen atoms in total. The van der Waals surface area contributed by atoms with Gasteiger partial charge in [-0.25, -0.2) is 0 Å². The molecular formula is C25H34N2O4. The Morgan fingerprint density at radius 1 is 1.03 bits per heavy atom. The molecule has 0 radical (unpaired) electrons. The molecule has 2 heterocycles. The maximum absolute atomic E-state index is 6.00. The summed E-state index contributed by atoms with van der Waals surface area (Å²) in [7, 11) is 0. The van der Waals surface area contributed by atoms with Crippen LogP contribution in [0.4, 0.5) is 5.69 Å². The standard InChI is InChI=1S/C25H34N2O4/c1-2-14-27(21-12-11-20-8-7-16-29-31-25(20)17-21)15-6-5-13-26-18-22-19-28-23-9-3-4-10-24(23)30-22/h3-4,9-12,17,22,26H,2,5-8,13-16,18-19H2,1H3. The van der Waals surface area contributed by atoms with Crippen molar-refractivity contribution < 1.29 is 19.2 Å². The minimum atomic E-state index is 0.0632. The van der Waals surface area contributed by atoms with E-state index in [-0.39, 0.29) is 6.10 Å². The van der Waals surface area contributed by atoms with Gasteiger partial charge in [-0.15, -0.1) is 0 Å². The topological polar surface area (TPSA) is 52.2 Å². The number of ether oxygens (including phenoxy) is 2. The third-order valence-corrected chi connectivity index (χ3v) is 5.70. The highest BCUT2D eigenvalue weighted by Crippen LogP contribution is 2.31. The quantitative estimate of drug-likeness (QED) is 0.450. The molecule has 2 aromatic rings. The molecule has 0 aromatic heterocycles. The van der Waals surface area contributed by atoms with Crippen LogP contribution >= 0.6 is 0 Å². The lowest BCUT2D eigenvalue weighted by molar-refractivity contribution is -0.203. The van der Waals surface area contributed by atoms with E-state index in [9.17, 15) is 0 Å². The fourth-order valence-corrected chi connectivity index (χ4v) is 4.07. The molecule has 2 aliphatic rings. The Hall–Kier alpha value is -2.44. The van der Waals surface area contributed by atoms with Crippen molar-refractivity contribution in [1.29, 1.82) is 0 Å². The third kappa shape index (κ3) is 6.05. The summed E-state index contributed by atoms with van der Waals surface area (Å²) in [4.78, 5) is 13.2. The molecule has 0 fully saturated rings. The Morgan fingerprint density at radius 2 is 1.94 bits per heavy atom. The summed E-state index contributed by atoms with van der Waals surface area (Å²) in [5.74, 6) is 2.55. The number of nitrogens with one attached hydrogen (secondary N) is 1. The van der Waals surface area contributed by atoms with Gasteiger partial charge in [-0.2, -0.15) is 4.89 Å². The first-order chi connectivity index (χ1) is 15.3. The molecule has 0 amide bonds. The number of aryl methyl sites for hydroxylation is 1. The molecule has 4 rings (SSSR count). The lowest BCUT2D eigenvalue weighted by Gasteiger charge is -2.27. The summed E-state index contributed by atoms with van der Waals surface area (Å²) in [6.07, 6.45) is 5.45. The van der Waals surface area contributed by atoms with Crippen LogP contribution < -0.4 is 24.6 Å². The smallest absolute Gasteiger partial charge is 0.170 e. The van der Waals surface area contributed by atoms with Crippen LogP contribution in [0.5, 0.6) is 17.2 Å². The molecule has 0 saturated carbocycles. The summed E-state index contributed by atoms with van der Waals surface area (Å²) in [5.41, 5.74) is 2.45. The van der Waals surface area contributed by atoms with Crippen LogP contribution in [0.15, 0.2) is 42.5 Å². The summed E-state index contributed by atoms with van der Waals surface area (Å²) in [6.45, 7) is 7.32. The first kappa shape index (κ1) is 21.8. The first-order valence-electron chi connectivity index (χ1n) is 11.6. The van der Waals surface area contributed by atoms with Crippen LogP contribution in [0.1, 0.15) is 38.2 Å². The van der Waals surface area contributed by atoms with Gasteiger partial charge in [0, 0.05) is 31.4 Å². The van der Waals surface area contributed by atoms with Crippen LogP contribution in [0, 0.1) is 0 Å². The van der Waals surface area contributed by atoms with Crippen LogP contribution in [0.3, 0.4) is 0 Å². The molecule has 2 aliphatic heterocycles. The molecule has 31 heavy (non-hydrogen) atoms. The van der Waals surface area contributed by atoms with Gasteiger partial charge in [-0.3, -0.25) is 0 Å². The van der Waals surface area contributed by atoms with Gasteiger partial charge < -0.3 is 24.6 Å². The molecule has 1 unspecified atom stereocenters. The SMILES string of the molecule is CCCN(CCCCNCC1COc2ccccc2O1)c1ccc2c(c1)OOCCC2. The van der Waals surface area contributed by atoms with Crippen molar-refractivity contribution in [2.75, 3.05) is 44.3 Å². The summed E-state index contributed by atoms with van der Waals surface area (Å²) < 4.78 is 11.8. The van der Waals surface area contributed by atoms with Crippen LogP contribution in [0.2, 0.25) is 0 Å². The average molecular weight is 427 g/mol. The Labute approximate surface area is 185 Å². The normalized spacial score (nSPS) is 17.4. The number of benzene rings is 2. The number of hydrogen-bond acceptors (Lipinski definition) is 6. The fourth-order valence-electron chi connectivity index (χ4n) is 4.07. The summed E-state index contributed by atoms with van der Waals surface area (Å²) >= 11 is 0. The van der Waals surface area contributed by atoms with E-state index < -0.39 is 0 Å². The van der Waals surface area contributed by atoms with Gasteiger partial charge in [-0.05, 0) is 62.4 Å². The van der Waals surface area contributed by atoms with E-state index in [1.807, 2.05) is 24.3 Å². The molecule has 0 aliphatic carbocycles. The summed E-state index contributed by atoms with van der Waals surface area (Å²) in [5, 5.41) is 3.52. The lowest BCUT2D eigenvalue weighted by Crippen LogP contribution is -2.38. The van der Waals surface area contributed by atoms with E-state index >= 15 is 0 Å². The Kier molecular flexibility index (Phi) is 7.91. The average Bonchev–Trinajstić information content (AvgIpc) is 3.05. The molecule has 1 N–H and O–H groups in total. The Balaban J connectivity index is 1.19. The summed E-state index contributed by atoms with van der Waals surface area (Å²) in [6, 6.07) is 14.4. The largest absolute Gasteiger partial charge is 0.486 e. The highest BCUT2D eigenvalue weighted by atomic mass is 17.2. The van der Waals surface area contributed by atoms with E-state index in [2.05, 4.69) is 35.3 Å². The number of nitrogens with zero attached hydrogens (tertiary/aromatic N) is 1. The molecule has 0 saturated heterocycles. The predicted molar refractivity (Wildman–Crippen MR) is 122 cm³/mol. The van der Waals surface area contributed by atoms with E-state index in [0.29, 0.717) is 13.2 Å². The van der Waals surface area contributed by atoms with Crippen molar-refractivity contribution in [3.8, 4) is 17.2 Å². The van der Waals surface area contributed by atoms with Gasteiger partial charge in [0.2, 0.25) is 0 Å². The van der Waals surface area contributed by atoms with Crippen LogP contribution in [-0.4, -0.2) is 45.5 Å². The van der Waals surface area contributed by atoms with Gasteiger partial charge in [0.15, 0.2) is 17.2 Å². The molecule has 168 valence electrons. The number of hydrogen-bond donors (Lipinski definition) is 1. The zero-order chi connectivity index (χ0) is 21.3. The van der Waals surface area contributed by atoms with E-state index in [0.717, 1.165) is 75.5 Å².